The van der Waals surface area contributed by atoms with Crippen LogP contribution in [0.15, 0.2) is 28.0 Å². The van der Waals surface area contributed by atoms with Crippen LogP contribution in [-0.4, -0.2) is 95.3 Å². The summed E-state index contributed by atoms with van der Waals surface area (Å²) in [7, 11) is 0. The number of piperidine rings is 1. The number of anilines is 1. The number of hydrazone groups is 1. The monoisotopic (exact) mass is 463 g/mol. The van der Waals surface area contributed by atoms with Gasteiger partial charge in [0.1, 0.15) is 11.8 Å². The number of nitrogens with one attached hydrogen (secondary N) is 2. The van der Waals surface area contributed by atoms with E-state index in [0.29, 0.717) is 68.0 Å². The summed E-state index contributed by atoms with van der Waals surface area (Å²) in [4.78, 5) is 14.2. The third-order valence-electron chi connectivity index (χ3n) is 6.17. The molecule has 0 amide bonds. The molecule has 5 rings (SSSR count). The number of aromatic amines is 1. The van der Waals surface area contributed by atoms with Gasteiger partial charge in [-0.25, -0.2) is 4.39 Å². The van der Waals surface area contributed by atoms with E-state index in [1.807, 2.05) is 13.0 Å². The van der Waals surface area contributed by atoms with Crippen LogP contribution in [0.3, 0.4) is 0 Å². The highest BCUT2D eigenvalue weighted by Gasteiger charge is 2.38. The lowest BCUT2D eigenvalue weighted by molar-refractivity contribution is -0.0890. The zero-order valence-electron chi connectivity index (χ0n) is 17.9. The second kappa shape index (κ2) is 9.21. The third kappa shape index (κ3) is 4.26. The molecule has 3 aliphatic heterocycles. The standard InChI is InChI=1S/C21H27ClFN7O2/c1-2-32-20-15-3-5-24-19(15)27-21(28-20)25-7-13-8-26-30(9-16(13)22)18-4-6-29(10-17(18)23)14-11-31-12-14/h3,5,8,14,17-18H,2,4,6-7,9-12H2,1H3,(H2,24,25,27,28). The molecule has 0 aromatic carbocycles. The third-order valence-corrected chi connectivity index (χ3v) is 6.53. The van der Waals surface area contributed by atoms with Crippen LogP contribution in [0.25, 0.3) is 11.0 Å². The van der Waals surface area contributed by atoms with Gasteiger partial charge < -0.3 is 19.8 Å². The normalized spacial score (nSPS) is 24.8. The number of aromatic nitrogens is 3. The predicted octanol–water partition coefficient (Wildman–Crippen LogP) is 2.37. The van der Waals surface area contributed by atoms with E-state index >= 15 is 0 Å². The smallest absolute Gasteiger partial charge is 0.228 e. The molecule has 0 radical (unpaired) electrons. The first-order chi connectivity index (χ1) is 15.6. The minimum absolute atomic E-state index is 0.265. The van der Waals surface area contributed by atoms with Crippen LogP contribution < -0.4 is 10.1 Å². The molecule has 2 unspecified atom stereocenters. The number of fused-ring (bicyclic) bond motifs is 1. The second-order valence-corrected chi connectivity index (χ2v) is 8.67. The van der Waals surface area contributed by atoms with Gasteiger partial charge in [0, 0.05) is 36.4 Å². The topological polar surface area (TPSA) is 90.9 Å². The summed E-state index contributed by atoms with van der Waals surface area (Å²) in [6, 6.07) is 1.98. The molecule has 2 saturated heterocycles. The second-order valence-electron chi connectivity index (χ2n) is 8.21. The Morgan fingerprint density at radius 3 is 2.97 bits per heavy atom. The van der Waals surface area contributed by atoms with Gasteiger partial charge in [-0.1, -0.05) is 11.6 Å². The van der Waals surface area contributed by atoms with E-state index in [9.17, 15) is 4.39 Å². The summed E-state index contributed by atoms with van der Waals surface area (Å²) >= 11 is 6.57. The summed E-state index contributed by atoms with van der Waals surface area (Å²) in [6.07, 6.45) is 3.25. The fourth-order valence-corrected chi connectivity index (χ4v) is 4.51. The Hall–Kier alpha value is -2.43. The quantitative estimate of drug-likeness (QED) is 0.651. The zero-order chi connectivity index (χ0) is 22.1. The molecule has 0 saturated carbocycles. The van der Waals surface area contributed by atoms with Crippen molar-refractivity contribution in [2.75, 3.05) is 51.3 Å². The molecule has 2 aromatic rings. The molecule has 0 spiro atoms. The lowest BCUT2D eigenvalue weighted by Crippen LogP contribution is -2.58. The molecular formula is C21H27ClFN7O2. The first-order valence-electron chi connectivity index (χ1n) is 11.0. The highest BCUT2D eigenvalue weighted by Crippen LogP contribution is 2.27. The van der Waals surface area contributed by atoms with E-state index in [4.69, 9.17) is 21.1 Å². The van der Waals surface area contributed by atoms with Crippen molar-refractivity contribution in [3.05, 3.63) is 22.9 Å². The van der Waals surface area contributed by atoms with Crippen LogP contribution in [0, 0.1) is 0 Å². The van der Waals surface area contributed by atoms with Crippen LogP contribution in [0.1, 0.15) is 13.3 Å². The molecule has 2 N–H and O–H groups in total. The molecule has 0 bridgehead atoms. The van der Waals surface area contributed by atoms with E-state index in [-0.39, 0.29) is 6.04 Å². The Kier molecular flexibility index (Phi) is 6.16. The van der Waals surface area contributed by atoms with Gasteiger partial charge in [0.05, 0.1) is 50.0 Å². The van der Waals surface area contributed by atoms with Crippen molar-refractivity contribution in [1.82, 2.24) is 24.9 Å². The maximum absolute atomic E-state index is 14.9. The molecule has 3 aliphatic rings. The van der Waals surface area contributed by atoms with Gasteiger partial charge in [-0.3, -0.25) is 9.91 Å². The molecule has 9 nitrogen and oxygen atoms in total. The van der Waals surface area contributed by atoms with E-state index in [0.717, 1.165) is 23.9 Å². The van der Waals surface area contributed by atoms with E-state index in [1.54, 1.807) is 17.4 Å². The van der Waals surface area contributed by atoms with Gasteiger partial charge in [-0.15, -0.1) is 0 Å². The molecule has 5 heterocycles. The van der Waals surface area contributed by atoms with Crippen molar-refractivity contribution < 1.29 is 13.9 Å². The number of likely N-dealkylation sites (tertiary alicyclic amines) is 1. The first-order valence-corrected chi connectivity index (χ1v) is 11.4. The maximum Gasteiger partial charge on any atom is 0.228 e. The number of hydrogen-bond donors (Lipinski definition) is 2. The highest BCUT2D eigenvalue weighted by atomic mass is 35.5. The summed E-state index contributed by atoms with van der Waals surface area (Å²) in [5.74, 6) is 0.964. The number of nitrogens with zero attached hydrogens (tertiary/aromatic N) is 5. The number of hydrogen-bond acceptors (Lipinski definition) is 8. The Morgan fingerprint density at radius 2 is 2.25 bits per heavy atom. The molecular weight excluding hydrogens is 437 g/mol. The Balaban J connectivity index is 1.20. The number of ether oxygens (including phenoxy) is 2. The van der Waals surface area contributed by atoms with Gasteiger partial charge in [0.2, 0.25) is 11.8 Å². The van der Waals surface area contributed by atoms with Crippen LogP contribution in [-0.2, 0) is 4.74 Å². The fourth-order valence-electron chi connectivity index (χ4n) is 4.27. The van der Waals surface area contributed by atoms with Crippen molar-refractivity contribution >= 4 is 34.8 Å². The largest absolute Gasteiger partial charge is 0.477 e. The average Bonchev–Trinajstić information content (AvgIpc) is 3.21. The van der Waals surface area contributed by atoms with Gasteiger partial charge in [0.25, 0.3) is 0 Å². The van der Waals surface area contributed by atoms with Gasteiger partial charge in [0.15, 0.2) is 0 Å². The van der Waals surface area contributed by atoms with Crippen molar-refractivity contribution in [3.8, 4) is 5.88 Å². The average molecular weight is 464 g/mol. The van der Waals surface area contributed by atoms with Crippen LogP contribution in [0.5, 0.6) is 5.88 Å². The van der Waals surface area contributed by atoms with Crippen molar-refractivity contribution in [2.24, 2.45) is 5.10 Å². The minimum Gasteiger partial charge on any atom is -0.477 e. The molecule has 2 aromatic heterocycles. The van der Waals surface area contributed by atoms with Gasteiger partial charge in [-0.05, 0) is 19.4 Å². The van der Waals surface area contributed by atoms with Crippen LogP contribution in [0.2, 0.25) is 0 Å². The first kappa shape index (κ1) is 21.4. The van der Waals surface area contributed by atoms with Crippen molar-refractivity contribution in [1.29, 1.82) is 0 Å². The van der Waals surface area contributed by atoms with E-state index in [2.05, 4.69) is 30.3 Å². The number of alkyl halides is 1. The van der Waals surface area contributed by atoms with Gasteiger partial charge in [-0.2, -0.15) is 15.1 Å². The lowest BCUT2D eigenvalue weighted by Gasteiger charge is -2.45. The fraction of sp³-hybridized carbons (Fsp3) is 0.571. The van der Waals surface area contributed by atoms with E-state index < -0.39 is 6.17 Å². The molecule has 0 aliphatic carbocycles. The Morgan fingerprint density at radius 1 is 1.38 bits per heavy atom. The van der Waals surface area contributed by atoms with Crippen molar-refractivity contribution in [3.63, 3.8) is 0 Å². The Labute approximate surface area is 190 Å². The molecule has 172 valence electrons. The Bertz CT molecular complexity index is 1020. The van der Waals surface area contributed by atoms with Crippen LogP contribution >= 0.6 is 11.6 Å². The number of H-pyrrole nitrogens is 1. The van der Waals surface area contributed by atoms with Crippen molar-refractivity contribution in [2.45, 2.75) is 31.6 Å². The SMILES string of the molecule is CCOc1nc(NCC2=C(Cl)CN(C3CCN(C4COC4)CC3F)N=C2)nc2[nH]ccc12. The highest BCUT2D eigenvalue weighted by molar-refractivity contribution is 6.31. The predicted molar refractivity (Wildman–Crippen MR) is 121 cm³/mol. The molecule has 11 heteroatoms. The molecule has 2 atom stereocenters. The van der Waals surface area contributed by atoms with Gasteiger partial charge >= 0.3 is 0 Å². The van der Waals surface area contributed by atoms with E-state index in [1.165, 1.54) is 0 Å². The zero-order valence-corrected chi connectivity index (χ0v) is 18.7. The molecule has 32 heavy (non-hydrogen) atoms. The maximum atomic E-state index is 14.9. The minimum atomic E-state index is -0.969. The summed E-state index contributed by atoms with van der Waals surface area (Å²) in [6.45, 7) is 5.91. The summed E-state index contributed by atoms with van der Waals surface area (Å²) < 4.78 is 25.8. The van der Waals surface area contributed by atoms with Crippen LogP contribution in [0.4, 0.5) is 10.3 Å². The molecule has 2 fully saturated rings. The lowest BCUT2D eigenvalue weighted by atomic mass is 9.99. The number of halogens is 2. The summed E-state index contributed by atoms with van der Waals surface area (Å²) in [5, 5.41) is 11.0. The summed E-state index contributed by atoms with van der Waals surface area (Å²) in [5.41, 5.74) is 1.53. The number of rotatable bonds is 7.